The Hall–Kier alpha value is -1.08. The molecule has 4 heteroatoms. The highest BCUT2D eigenvalue weighted by atomic mass is 16.2. The quantitative estimate of drug-likeness (QED) is 0.828. The van der Waals surface area contributed by atoms with Gasteiger partial charge in [0.05, 0.1) is 12.6 Å². The number of hydrogen-bond acceptors (Lipinski definition) is 3. The fraction of sp³-hybridized carbons (Fsp3) is 0.857. The second-order valence-corrected chi connectivity index (χ2v) is 6.00. The van der Waals surface area contributed by atoms with Crippen LogP contribution in [-0.2, 0) is 4.79 Å². The summed E-state index contributed by atoms with van der Waals surface area (Å²) in [6, 6.07) is 2.20. The summed E-state index contributed by atoms with van der Waals surface area (Å²) in [5.74, 6) is 0.729. The van der Waals surface area contributed by atoms with Crippen molar-refractivity contribution in [3.05, 3.63) is 0 Å². The third-order valence-electron chi connectivity index (χ3n) is 3.89. The third kappa shape index (κ3) is 3.99. The minimum atomic E-state index is -0.765. The Morgan fingerprint density at radius 1 is 1.61 bits per heavy atom. The molecule has 18 heavy (non-hydrogen) atoms. The first-order valence-electron chi connectivity index (χ1n) is 6.82. The molecule has 1 N–H and O–H groups in total. The zero-order chi connectivity index (χ0) is 13.8. The summed E-state index contributed by atoms with van der Waals surface area (Å²) in [7, 11) is 0. The van der Waals surface area contributed by atoms with Gasteiger partial charge in [-0.1, -0.05) is 20.8 Å². The van der Waals surface area contributed by atoms with Crippen molar-refractivity contribution in [3.63, 3.8) is 0 Å². The Bertz CT molecular complexity index is 334. The van der Waals surface area contributed by atoms with Gasteiger partial charge in [-0.15, -0.1) is 0 Å². The van der Waals surface area contributed by atoms with Crippen molar-refractivity contribution in [1.29, 1.82) is 5.26 Å². The summed E-state index contributed by atoms with van der Waals surface area (Å²) in [5, 5.41) is 12.0. The van der Waals surface area contributed by atoms with Gasteiger partial charge < -0.3 is 5.32 Å². The summed E-state index contributed by atoms with van der Waals surface area (Å²) < 4.78 is 0. The van der Waals surface area contributed by atoms with Crippen LogP contribution in [0.1, 0.15) is 40.5 Å². The third-order valence-corrected chi connectivity index (χ3v) is 3.89. The van der Waals surface area contributed by atoms with E-state index in [2.05, 4.69) is 23.2 Å². The van der Waals surface area contributed by atoms with Gasteiger partial charge >= 0.3 is 0 Å². The van der Waals surface area contributed by atoms with E-state index in [1.54, 1.807) is 6.92 Å². The lowest BCUT2D eigenvalue weighted by molar-refractivity contribution is -0.124. The molecule has 4 nitrogen and oxygen atoms in total. The Kier molecular flexibility index (Phi) is 5.15. The van der Waals surface area contributed by atoms with E-state index < -0.39 is 5.54 Å². The van der Waals surface area contributed by atoms with Crippen LogP contribution in [0.4, 0.5) is 0 Å². The van der Waals surface area contributed by atoms with Crippen LogP contribution < -0.4 is 5.32 Å². The van der Waals surface area contributed by atoms with Crippen molar-refractivity contribution in [2.24, 2.45) is 11.8 Å². The molecule has 0 bridgehead atoms. The fourth-order valence-corrected chi connectivity index (χ4v) is 2.26. The molecule has 1 rings (SSSR count). The maximum absolute atomic E-state index is 12.0. The van der Waals surface area contributed by atoms with E-state index in [0.717, 1.165) is 19.5 Å². The summed E-state index contributed by atoms with van der Waals surface area (Å²) in [5.41, 5.74) is -0.765. The normalized spacial score (nSPS) is 24.3. The maximum Gasteiger partial charge on any atom is 0.235 e. The minimum absolute atomic E-state index is 0.0400. The smallest absolute Gasteiger partial charge is 0.235 e. The molecule has 0 aliphatic carbocycles. The Morgan fingerprint density at radius 2 is 2.28 bits per heavy atom. The van der Waals surface area contributed by atoms with E-state index in [9.17, 15) is 10.1 Å². The van der Waals surface area contributed by atoms with Crippen molar-refractivity contribution in [1.82, 2.24) is 10.2 Å². The molecule has 1 fully saturated rings. The fourth-order valence-electron chi connectivity index (χ4n) is 2.26. The molecule has 1 amide bonds. The summed E-state index contributed by atoms with van der Waals surface area (Å²) in [4.78, 5) is 14.2. The van der Waals surface area contributed by atoms with Crippen molar-refractivity contribution in [2.75, 3.05) is 19.6 Å². The molecule has 1 aliphatic heterocycles. The highest BCUT2D eigenvalue weighted by molar-refractivity contribution is 5.79. The second-order valence-electron chi connectivity index (χ2n) is 6.00. The van der Waals surface area contributed by atoms with Gasteiger partial charge in [0.25, 0.3) is 0 Å². The molecule has 1 saturated heterocycles. The summed E-state index contributed by atoms with van der Waals surface area (Å²) in [6.07, 6.45) is 2.41. The second kappa shape index (κ2) is 6.19. The molecule has 102 valence electrons. The summed E-state index contributed by atoms with van der Waals surface area (Å²) >= 11 is 0. The lowest BCUT2D eigenvalue weighted by Crippen LogP contribution is -2.52. The highest BCUT2D eigenvalue weighted by Gasteiger charge is 2.30. The van der Waals surface area contributed by atoms with Crippen molar-refractivity contribution >= 4 is 5.91 Å². The molecule has 1 aliphatic rings. The number of piperidine rings is 1. The van der Waals surface area contributed by atoms with Crippen LogP contribution in [0.3, 0.4) is 0 Å². The molecule has 0 aromatic heterocycles. The number of carbonyl (C=O) groups excluding carboxylic acids is 1. The molecule has 1 heterocycles. The molecular weight excluding hydrogens is 226 g/mol. The number of likely N-dealkylation sites (tertiary alicyclic amines) is 1. The van der Waals surface area contributed by atoms with Gasteiger partial charge in [0.15, 0.2) is 0 Å². The molecule has 0 unspecified atom stereocenters. The van der Waals surface area contributed by atoms with Crippen molar-refractivity contribution in [3.8, 4) is 6.07 Å². The van der Waals surface area contributed by atoms with Gasteiger partial charge in [-0.05, 0) is 38.1 Å². The number of nitrogens with zero attached hydrogens (tertiary/aromatic N) is 2. The van der Waals surface area contributed by atoms with Crippen molar-refractivity contribution in [2.45, 2.75) is 46.1 Å². The van der Waals surface area contributed by atoms with E-state index in [1.807, 2.05) is 13.8 Å². The van der Waals surface area contributed by atoms with Crippen LogP contribution in [0.15, 0.2) is 0 Å². The summed E-state index contributed by atoms with van der Waals surface area (Å²) in [6.45, 7) is 10.3. The number of hydrogen-bond donors (Lipinski definition) is 1. The Balaban J connectivity index is 2.48. The monoisotopic (exact) mass is 251 g/mol. The average Bonchev–Trinajstić information content (AvgIpc) is 2.28. The lowest BCUT2D eigenvalue weighted by Gasteiger charge is -2.32. The van der Waals surface area contributed by atoms with E-state index in [4.69, 9.17) is 0 Å². The minimum Gasteiger partial charge on any atom is -0.337 e. The van der Waals surface area contributed by atoms with Gasteiger partial charge in [0.1, 0.15) is 5.54 Å². The Labute approximate surface area is 110 Å². The number of rotatable bonds is 4. The van der Waals surface area contributed by atoms with Crippen LogP contribution in [0.2, 0.25) is 0 Å². The van der Waals surface area contributed by atoms with Gasteiger partial charge in [0, 0.05) is 6.54 Å². The number of carbonyl (C=O) groups is 1. The Morgan fingerprint density at radius 3 is 2.78 bits per heavy atom. The van der Waals surface area contributed by atoms with Gasteiger partial charge in [-0.2, -0.15) is 5.26 Å². The zero-order valence-corrected chi connectivity index (χ0v) is 12.0. The highest BCUT2D eigenvalue weighted by Crippen LogP contribution is 2.17. The van der Waals surface area contributed by atoms with Crippen LogP contribution >= 0.6 is 0 Å². The number of nitrogens with one attached hydrogen (secondary N) is 1. The predicted molar refractivity (Wildman–Crippen MR) is 71.8 cm³/mol. The molecule has 0 saturated carbocycles. The molecule has 0 spiro atoms. The largest absolute Gasteiger partial charge is 0.337 e. The molecule has 2 atom stereocenters. The van der Waals surface area contributed by atoms with Crippen molar-refractivity contribution < 1.29 is 4.79 Å². The van der Waals surface area contributed by atoms with E-state index in [0.29, 0.717) is 12.5 Å². The first kappa shape index (κ1) is 15.0. The van der Waals surface area contributed by atoms with Gasteiger partial charge in [-0.25, -0.2) is 0 Å². The molecule has 0 aromatic carbocycles. The zero-order valence-electron chi connectivity index (χ0n) is 12.0. The number of nitriles is 1. The number of amides is 1. The topological polar surface area (TPSA) is 56.1 Å². The van der Waals surface area contributed by atoms with Crippen LogP contribution in [0, 0.1) is 23.2 Å². The van der Waals surface area contributed by atoms with E-state index >= 15 is 0 Å². The van der Waals surface area contributed by atoms with Crippen LogP contribution in [-0.4, -0.2) is 36.0 Å². The van der Waals surface area contributed by atoms with Crippen LogP contribution in [0.25, 0.3) is 0 Å². The first-order chi connectivity index (χ1) is 8.37. The van der Waals surface area contributed by atoms with Crippen LogP contribution in [0.5, 0.6) is 0 Å². The standard InChI is InChI=1S/C14H25N3O/c1-11(2)14(4,10-15)16-13(18)9-17-7-5-6-12(3)8-17/h11-12H,5-9H2,1-4H3,(H,16,18)/t12-,14-/m0/s1. The predicted octanol–water partition coefficient (Wildman–Crippen LogP) is 1.77. The first-order valence-corrected chi connectivity index (χ1v) is 6.82. The van der Waals surface area contributed by atoms with Gasteiger partial charge in [-0.3, -0.25) is 9.69 Å². The molecule has 0 aromatic rings. The average molecular weight is 251 g/mol. The van der Waals surface area contributed by atoms with E-state index in [1.165, 1.54) is 6.42 Å². The lowest BCUT2D eigenvalue weighted by atomic mass is 9.90. The SMILES string of the molecule is CC(C)[C@](C)(C#N)NC(=O)CN1CCC[C@H](C)C1. The van der Waals surface area contributed by atoms with Gasteiger partial charge in [0.2, 0.25) is 5.91 Å². The maximum atomic E-state index is 12.0. The molecule has 0 radical (unpaired) electrons. The molecular formula is C14H25N3O. The van der Waals surface area contributed by atoms with E-state index in [-0.39, 0.29) is 11.8 Å².